The number of ketones is 1. The van der Waals surface area contributed by atoms with Crippen LogP contribution < -0.4 is 0 Å². The van der Waals surface area contributed by atoms with Crippen molar-refractivity contribution in [1.29, 1.82) is 0 Å². The molecular formula is C43H80O16P2. The van der Waals surface area contributed by atoms with Gasteiger partial charge in [-0.25, -0.2) is 9.13 Å². The summed E-state index contributed by atoms with van der Waals surface area (Å²) in [6, 6.07) is 0. The van der Waals surface area contributed by atoms with E-state index in [-0.39, 0.29) is 36.9 Å². The van der Waals surface area contributed by atoms with E-state index in [2.05, 4.69) is 29.8 Å². The number of carbonyl (C=O) groups excluding carboxylic acids is 3. The van der Waals surface area contributed by atoms with Crippen molar-refractivity contribution in [2.75, 3.05) is 26.4 Å². The Morgan fingerprint density at radius 3 is 1.87 bits per heavy atom. The average molecular weight is 915 g/mol. The number of Topliss-reactive ketones (excluding diaryl/α,β-unsaturated/α-hetero) is 1. The molecule has 6 N–H and O–H groups in total. The van der Waals surface area contributed by atoms with Crippen molar-refractivity contribution in [3.05, 3.63) is 12.2 Å². The van der Waals surface area contributed by atoms with E-state index in [0.29, 0.717) is 44.9 Å². The second-order valence-corrected chi connectivity index (χ2v) is 19.4. The fourth-order valence-corrected chi connectivity index (χ4v) is 8.32. The van der Waals surface area contributed by atoms with E-state index in [1.807, 2.05) is 0 Å². The summed E-state index contributed by atoms with van der Waals surface area (Å²) >= 11 is 0. The molecule has 1 fully saturated rings. The molecule has 8 atom stereocenters. The minimum Gasteiger partial charge on any atom is -0.462 e. The summed E-state index contributed by atoms with van der Waals surface area (Å²) in [5.41, 5.74) is 0. The van der Waals surface area contributed by atoms with E-state index in [1.54, 1.807) is 12.2 Å². The Bertz CT molecular complexity index is 1310. The largest absolute Gasteiger partial charge is 0.472 e. The fourth-order valence-electron chi connectivity index (χ4n) is 7.16. The van der Waals surface area contributed by atoms with Crippen LogP contribution >= 0.6 is 15.6 Å². The zero-order valence-electron chi connectivity index (χ0n) is 37.2. The topological polar surface area (TPSA) is 253 Å². The molecule has 0 saturated heterocycles. The molecule has 0 amide bonds. The molecule has 61 heavy (non-hydrogen) atoms. The number of phosphoric ester groups is 2. The van der Waals surface area contributed by atoms with Gasteiger partial charge in [0.25, 0.3) is 0 Å². The minimum absolute atomic E-state index is 0.00205. The Morgan fingerprint density at radius 2 is 1.26 bits per heavy atom. The molecule has 2 unspecified atom stereocenters. The summed E-state index contributed by atoms with van der Waals surface area (Å²) in [7, 11) is -9.77. The summed E-state index contributed by atoms with van der Waals surface area (Å²) in [5, 5.41) is 30.5. The van der Waals surface area contributed by atoms with Crippen molar-refractivity contribution in [1.82, 2.24) is 0 Å². The van der Waals surface area contributed by atoms with Crippen molar-refractivity contribution in [3.63, 3.8) is 0 Å². The van der Waals surface area contributed by atoms with Gasteiger partial charge in [-0.15, -0.1) is 0 Å². The van der Waals surface area contributed by atoms with E-state index in [1.165, 1.54) is 44.9 Å². The highest BCUT2D eigenvalue weighted by Crippen LogP contribution is 2.44. The molecule has 1 rings (SSSR count). The Kier molecular flexibility index (Phi) is 31.9. The summed E-state index contributed by atoms with van der Waals surface area (Å²) in [6.07, 6.45) is 19.7. The number of aliphatic hydroxyl groups is 3. The Balaban J connectivity index is 2.54. The highest BCUT2D eigenvalue weighted by molar-refractivity contribution is 7.47. The molecule has 0 radical (unpaired) electrons. The van der Waals surface area contributed by atoms with Crippen LogP contribution in [0.15, 0.2) is 12.2 Å². The second-order valence-electron chi connectivity index (χ2n) is 16.7. The van der Waals surface area contributed by atoms with Crippen molar-refractivity contribution >= 4 is 33.4 Å². The van der Waals surface area contributed by atoms with Crippen LogP contribution in [0.2, 0.25) is 0 Å². The third-order valence-corrected chi connectivity index (χ3v) is 12.5. The first-order valence-electron chi connectivity index (χ1n) is 22.9. The molecule has 0 aliphatic heterocycles. The average Bonchev–Trinajstić information content (AvgIpc) is 3.48. The van der Waals surface area contributed by atoms with Crippen molar-refractivity contribution in [2.45, 2.75) is 199 Å². The highest BCUT2D eigenvalue weighted by atomic mass is 31.2. The van der Waals surface area contributed by atoms with Crippen LogP contribution in [0.1, 0.15) is 175 Å². The van der Waals surface area contributed by atoms with Gasteiger partial charge in [0.2, 0.25) is 0 Å². The van der Waals surface area contributed by atoms with Crippen LogP contribution in [0.5, 0.6) is 0 Å². The van der Waals surface area contributed by atoms with Gasteiger partial charge in [-0.3, -0.25) is 28.0 Å². The number of phosphoric acid groups is 2. The lowest BCUT2D eigenvalue weighted by Crippen LogP contribution is -2.30. The quantitative estimate of drug-likeness (QED) is 0.0147. The zero-order valence-corrected chi connectivity index (χ0v) is 38.9. The van der Waals surface area contributed by atoms with Crippen LogP contribution in [-0.4, -0.2) is 98.6 Å². The summed E-state index contributed by atoms with van der Waals surface area (Å²) in [4.78, 5) is 65.6. The first-order valence-corrected chi connectivity index (χ1v) is 25.9. The van der Waals surface area contributed by atoms with E-state index >= 15 is 0 Å². The van der Waals surface area contributed by atoms with Gasteiger partial charge in [0.15, 0.2) is 6.10 Å². The molecule has 0 aromatic rings. The maximum Gasteiger partial charge on any atom is 0.472 e. The zero-order chi connectivity index (χ0) is 45.5. The van der Waals surface area contributed by atoms with Crippen LogP contribution in [-0.2, 0) is 46.6 Å². The molecule has 0 aromatic heterocycles. The Morgan fingerprint density at radius 1 is 0.721 bits per heavy atom. The van der Waals surface area contributed by atoms with Gasteiger partial charge in [-0.05, 0) is 31.6 Å². The van der Waals surface area contributed by atoms with Crippen molar-refractivity contribution < 1.29 is 76.6 Å². The molecule has 358 valence electrons. The lowest BCUT2D eigenvalue weighted by molar-refractivity contribution is -0.161. The van der Waals surface area contributed by atoms with Gasteiger partial charge in [0.05, 0.1) is 32.0 Å². The van der Waals surface area contributed by atoms with E-state index in [9.17, 15) is 43.7 Å². The third-order valence-electron chi connectivity index (χ3n) is 11.1. The predicted octanol–water partition coefficient (Wildman–Crippen LogP) is 8.18. The molecular weight excluding hydrogens is 834 g/mol. The van der Waals surface area contributed by atoms with Gasteiger partial charge in [0, 0.05) is 31.1 Å². The number of hydrogen-bond donors (Lipinski definition) is 6. The molecule has 16 nitrogen and oxygen atoms in total. The molecule has 1 saturated carbocycles. The lowest BCUT2D eigenvalue weighted by Gasteiger charge is -2.20. The number of aliphatic hydroxyl groups excluding tert-OH is 3. The van der Waals surface area contributed by atoms with Crippen LogP contribution in [0.4, 0.5) is 0 Å². The minimum atomic E-state index is -4.89. The van der Waals surface area contributed by atoms with Gasteiger partial charge in [0.1, 0.15) is 18.5 Å². The molecule has 0 aromatic carbocycles. The molecule has 0 spiro atoms. The Labute approximate surface area is 364 Å². The van der Waals surface area contributed by atoms with E-state index < -0.39 is 78.4 Å². The van der Waals surface area contributed by atoms with Crippen molar-refractivity contribution in [3.8, 4) is 0 Å². The molecule has 1 aliphatic carbocycles. The molecule has 18 heteroatoms. The molecule has 0 bridgehead atoms. The highest BCUT2D eigenvalue weighted by Gasteiger charge is 2.39. The number of hydrogen-bond acceptors (Lipinski definition) is 13. The second kappa shape index (κ2) is 33.9. The van der Waals surface area contributed by atoms with E-state index in [4.69, 9.17) is 23.8 Å². The smallest absolute Gasteiger partial charge is 0.462 e. The van der Waals surface area contributed by atoms with E-state index in [0.717, 1.165) is 50.9 Å². The number of rotatable bonds is 39. The number of carbonyl (C=O) groups is 3. The van der Waals surface area contributed by atoms with Crippen molar-refractivity contribution in [2.24, 2.45) is 17.8 Å². The van der Waals surface area contributed by atoms with Gasteiger partial charge >= 0.3 is 27.6 Å². The fraction of sp³-hybridized carbons (Fsp3) is 0.884. The standard InChI is InChI=1S/C43H80O16P2/c1-4-6-17-23-35(44)27-28-39-38(40(46)29-41(39)47)24-19-15-16-21-26-43(49)59-37(33-58-61(53,54)57-31-36(45)30-56-60(50,51)52)32-55-42(48)25-20-14-12-10-8-7-9-11-13-18-22-34(3)5-2/h27-28,34-39,41,44-45,47H,4-26,29-33H2,1-3H3,(H,53,54)(H2,50,51,52)/b28-27+/t34?,35-,36-,37+,38+,39+,41+/m0/s1. The van der Waals surface area contributed by atoms with Gasteiger partial charge < -0.3 is 39.5 Å². The summed E-state index contributed by atoms with van der Waals surface area (Å²) in [5.74, 6) is -1.05. The lowest BCUT2D eigenvalue weighted by atomic mass is 9.88. The number of esters is 2. The maximum absolute atomic E-state index is 12.8. The van der Waals surface area contributed by atoms with Crippen LogP contribution in [0.3, 0.4) is 0 Å². The third kappa shape index (κ3) is 31.1. The maximum atomic E-state index is 12.8. The first-order chi connectivity index (χ1) is 29.0. The monoisotopic (exact) mass is 914 g/mol. The molecule has 0 heterocycles. The van der Waals surface area contributed by atoms with Gasteiger partial charge in [-0.1, -0.05) is 142 Å². The van der Waals surface area contributed by atoms with Crippen LogP contribution in [0.25, 0.3) is 0 Å². The summed E-state index contributed by atoms with van der Waals surface area (Å²) < 4.78 is 47.8. The first kappa shape index (κ1) is 57.5. The summed E-state index contributed by atoms with van der Waals surface area (Å²) in [6.45, 7) is 3.72. The van der Waals surface area contributed by atoms with Gasteiger partial charge in [-0.2, -0.15) is 0 Å². The number of ether oxygens (including phenoxy) is 2. The normalized spacial score (nSPS) is 20.1. The Hall–Kier alpha value is -1.55. The SMILES string of the molecule is CCCCC[C@H](O)/C=C/[C@H]1[C@H](O)CC(=O)[C@@H]1CCCCCCC(=O)O[C@H](COC(=O)CCCCCCCCCCCCC(C)CC)COP(=O)(O)OC[C@@H](O)COP(=O)(O)O. The molecule has 1 aliphatic rings. The predicted molar refractivity (Wildman–Crippen MR) is 231 cm³/mol. The van der Waals surface area contributed by atoms with Crippen LogP contribution in [0, 0.1) is 17.8 Å². The number of unbranched alkanes of at least 4 members (excludes halogenated alkanes) is 14.